The Hall–Kier alpha value is -3.10. The second kappa shape index (κ2) is 7.85. The molecule has 0 aliphatic carbocycles. The Balaban J connectivity index is 1.97. The van der Waals surface area contributed by atoms with Crippen LogP contribution in [-0.2, 0) is 0 Å². The number of pyridine rings is 1. The Labute approximate surface area is 146 Å². The summed E-state index contributed by atoms with van der Waals surface area (Å²) in [6, 6.07) is 7.98. The van der Waals surface area contributed by atoms with Gasteiger partial charge in [0.25, 0.3) is 5.91 Å². The number of carboxylic acid groups (broad SMARTS) is 1. The molecule has 0 saturated carbocycles. The number of hydrogen-bond acceptors (Lipinski definition) is 4. The van der Waals surface area contributed by atoms with Gasteiger partial charge >= 0.3 is 12.1 Å². The van der Waals surface area contributed by atoms with Gasteiger partial charge < -0.3 is 15.2 Å². The molecule has 6 nitrogen and oxygen atoms in total. The zero-order valence-corrected chi connectivity index (χ0v) is 13.6. The first kappa shape index (κ1) is 19.2. The number of aromatic carboxylic acids is 1. The second-order valence-electron chi connectivity index (χ2n) is 5.41. The van der Waals surface area contributed by atoms with E-state index in [0.717, 1.165) is 6.20 Å². The number of rotatable bonds is 6. The predicted molar refractivity (Wildman–Crippen MR) is 85.1 cm³/mol. The van der Waals surface area contributed by atoms with Gasteiger partial charge in [0.05, 0.1) is 11.6 Å². The van der Waals surface area contributed by atoms with Crippen molar-refractivity contribution in [1.29, 1.82) is 0 Å². The molecule has 0 spiro atoms. The van der Waals surface area contributed by atoms with Crippen LogP contribution in [0.3, 0.4) is 0 Å². The maximum atomic E-state index is 12.1. The van der Waals surface area contributed by atoms with Crippen molar-refractivity contribution in [2.45, 2.75) is 19.1 Å². The highest BCUT2D eigenvalue weighted by Crippen LogP contribution is 2.21. The number of hydrogen-bond donors (Lipinski definition) is 2. The molecule has 138 valence electrons. The quantitative estimate of drug-likeness (QED) is 0.817. The van der Waals surface area contributed by atoms with E-state index in [0.29, 0.717) is 5.56 Å². The molecule has 1 aromatic carbocycles. The van der Waals surface area contributed by atoms with Crippen molar-refractivity contribution in [3.8, 4) is 5.75 Å². The lowest BCUT2D eigenvalue weighted by Crippen LogP contribution is -2.26. The molecule has 0 aliphatic rings. The van der Waals surface area contributed by atoms with Gasteiger partial charge in [-0.3, -0.25) is 4.79 Å². The minimum Gasteiger partial charge on any atom is -0.484 e. The van der Waals surface area contributed by atoms with Crippen molar-refractivity contribution in [3.63, 3.8) is 0 Å². The first-order chi connectivity index (χ1) is 12.2. The Morgan fingerprint density at radius 2 is 1.85 bits per heavy atom. The first-order valence-electron chi connectivity index (χ1n) is 7.45. The van der Waals surface area contributed by atoms with E-state index in [4.69, 9.17) is 5.11 Å². The molecule has 0 aliphatic heterocycles. The van der Waals surface area contributed by atoms with Crippen LogP contribution in [-0.4, -0.2) is 34.8 Å². The topological polar surface area (TPSA) is 88.5 Å². The number of nitrogens with zero attached hydrogens (tertiary/aromatic N) is 1. The van der Waals surface area contributed by atoms with Crippen LogP contribution in [0.15, 0.2) is 42.6 Å². The SMILES string of the molecule is CC(NC(=O)c1ccc(C(=O)O)nc1)c1ccc(OCC(F)(F)F)cc1. The van der Waals surface area contributed by atoms with Gasteiger partial charge in [0, 0.05) is 6.20 Å². The number of benzene rings is 1. The highest BCUT2D eigenvalue weighted by atomic mass is 19.4. The molecule has 1 unspecified atom stereocenters. The van der Waals surface area contributed by atoms with Gasteiger partial charge in [-0.05, 0) is 36.8 Å². The van der Waals surface area contributed by atoms with Crippen molar-refractivity contribution in [1.82, 2.24) is 10.3 Å². The van der Waals surface area contributed by atoms with E-state index in [1.54, 1.807) is 19.1 Å². The summed E-state index contributed by atoms with van der Waals surface area (Å²) in [7, 11) is 0. The summed E-state index contributed by atoms with van der Waals surface area (Å²) < 4.78 is 41.0. The minimum atomic E-state index is -4.41. The molecule has 26 heavy (non-hydrogen) atoms. The fourth-order valence-corrected chi connectivity index (χ4v) is 2.04. The molecular formula is C17H15F3N2O4. The second-order valence-corrected chi connectivity index (χ2v) is 5.41. The van der Waals surface area contributed by atoms with Gasteiger partial charge in [0.1, 0.15) is 11.4 Å². The highest BCUT2D eigenvalue weighted by Gasteiger charge is 2.28. The van der Waals surface area contributed by atoms with E-state index in [9.17, 15) is 22.8 Å². The monoisotopic (exact) mass is 368 g/mol. The average Bonchev–Trinajstić information content (AvgIpc) is 2.59. The summed E-state index contributed by atoms with van der Waals surface area (Å²) in [5, 5.41) is 11.5. The molecule has 0 bridgehead atoms. The molecule has 0 saturated heterocycles. The summed E-state index contributed by atoms with van der Waals surface area (Å²) in [6.07, 6.45) is -3.26. The maximum absolute atomic E-state index is 12.1. The van der Waals surface area contributed by atoms with E-state index in [1.807, 2.05) is 0 Å². The van der Waals surface area contributed by atoms with Gasteiger partial charge in [0.15, 0.2) is 6.61 Å². The van der Waals surface area contributed by atoms with Crippen molar-refractivity contribution in [2.75, 3.05) is 6.61 Å². The molecule has 1 aromatic heterocycles. The van der Waals surface area contributed by atoms with Crippen LogP contribution in [0.4, 0.5) is 13.2 Å². The van der Waals surface area contributed by atoms with Crippen molar-refractivity contribution < 1.29 is 32.6 Å². The largest absolute Gasteiger partial charge is 0.484 e. The zero-order chi connectivity index (χ0) is 19.3. The van der Waals surface area contributed by atoms with Crippen molar-refractivity contribution >= 4 is 11.9 Å². The summed E-state index contributed by atoms with van der Waals surface area (Å²) >= 11 is 0. The van der Waals surface area contributed by atoms with E-state index >= 15 is 0 Å². The number of ether oxygens (including phenoxy) is 1. The zero-order valence-electron chi connectivity index (χ0n) is 13.6. The van der Waals surface area contributed by atoms with Crippen molar-refractivity contribution in [3.05, 3.63) is 59.4 Å². The molecule has 2 N–H and O–H groups in total. The molecule has 2 aromatic rings. The standard InChI is InChI=1S/C17H15F3N2O4/c1-10(11-2-5-13(6-3-11)26-9-17(18,19)20)22-15(23)12-4-7-14(16(24)25)21-8-12/h2-8,10H,9H2,1H3,(H,22,23)(H,24,25). The fourth-order valence-electron chi connectivity index (χ4n) is 2.04. The van der Waals surface area contributed by atoms with Crippen LogP contribution in [0.2, 0.25) is 0 Å². The van der Waals surface area contributed by atoms with E-state index < -0.39 is 30.7 Å². The number of halogens is 3. The highest BCUT2D eigenvalue weighted by molar-refractivity contribution is 5.95. The van der Waals surface area contributed by atoms with Crippen LogP contribution in [0.1, 0.15) is 39.4 Å². The molecule has 0 fully saturated rings. The maximum Gasteiger partial charge on any atom is 0.422 e. The molecular weight excluding hydrogens is 353 g/mol. The Morgan fingerprint density at radius 3 is 2.35 bits per heavy atom. The predicted octanol–water partition coefficient (Wildman–Crippen LogP) is 3.21. The normalized spacial score (nSPS) is 12.3. The van der Waals surface area contributed by atoms with Crippen LogP contribution >= 0.6 is 0 Å². The van der Waals surface area contributed by atoms with Gasteiger partial charge in [-0.2, -0.15) is 13.2 Å². The molecule has 2 rings (SSSR count). The molecule has 0 radical (unpaired) electrons. The van der Waals surface area contributed by atoms with Crippen LogP contribution in [0, 0.1) is 0 Å². The third kappa shape index (κ3) is 5.47. The van der Waals surface area contributed by atoms with E-state index in [1.165, 1.54) is 24.3 Å². The lowest BCUT2D eigenvalue weighted by molar-refractivity contribution is -0.153. The molecule has 1 heterocycles. The number of carboxylic acids is 1. The van der Waals surface area contributed by atoms with E-state index in [-0.39, 0.29) is 17.0 Å². The lowest BCUT2D eigenvalue weighted by atomic mass is 10.1. The lowest BCUT2D eigenvalue weighted by Gasteiger charge is -2.15. The van der Waals surface area contributed by atoms with Crippen LogP contribution in [0.25, 0.3) is 0 Å². The van der Waals surface area contributed by atoms with E-state index in [2.05, 4.69) is 15.0 Å². The third-order valence-corrected chi connectivity index (χ3v) is 3.37. The number of carbonyl (C=O) groups is 2. The number of amides is 1. The summed E-state index contributed by atoms with van der Waals surface area (Å²) in [5.74, 6) is -1.59. The molecule has 9 heteroatoms. The minimum absolute atomic E-state index is 0.0676. The Morgan fingerprint density at radius 1 is 1.19 bits per heavy atom. The van der Waals surface area contributed by atoms with Gasteiger partial charge in [-0.25, -0.2) is 9.78 Å². The van der Waals surface area contributed by atoms with Gasteiger partial charge in [-0.1, -0.05) is 12.1 Å². The first-order valence-corrected chi connectivity index (χ1v) is 7.45. The van der Waals surface area contributed by atoms with Crippen LogP contribution in [0.5, 0.6) is 5.75 Å². The summed E-state index contributed by atoms with van der Waals surface area (Å²) in [6.45, 7) is 0.320. The number of carbonyl (C=O) groups excluding carboxylic acids is 1. The summed E-state index contributed by atoms with van der Waals surface area (Å²) in [4.78, 5) is 26.5. The summed E-state index contributed by atoms with van der Waals surface area (Å²) in [5.41, 5.74) is 0.670. The van der Waals surface area contributed by atoms with Crippen molar-refractivity contribution in [2.24, 2.45) is 0 Å². The third-order valence-electron chi connectivity index (χ3n) is 3.37. The van der Waals surface area contributed by atoms with Crippen LogP contribution < -0.4 is 10.1 Å². The molecule has 1 amide bonds. The number of alkyl halides is 3. The Bertz CT molecular complexity index is 774. The molecule has 1 atom stereocenters. The average molecular weight is 368 g/mol. The van der Waals surface area contributed by atoms with Gasteiger partial charge in [0.2, 0.25) is 0 Å². The van der Waals surface area contributed by atoms with Gasteiger partial charge in [-0.15, -0.1) is 0 Å². The fraction of sp³-hybridized carbons (Fsp3) is 0.235. The Kier molecular flexibility index (Phi) is 5.81. The number of nitrogens with one attached hydrogen (secondary N) is 1. The number of aromatic nitrogens is 1. The smallest absolute Gasteiger partial charge is 0.422 e.